The fourth-order valence-electron chi connectivity index (χ4n) is 3.94. The highest BCUT2D eigenvalue weighted by molar-refractivity contribution is 6.01. The van der Waals surface area contributed by atoms with Crippen LogP contribution in [0.15, 0.2) is 50.4 Å². The number of hydrogen-bond donors (Lipinski definition) is 2. The predicted octanol–water partition coefficient (Wildman–Crippen LogP) is 3.18. The highest BCUT2D eigenvalue weighted by Gasteiger charge is 2.14. The van der Waals surface area contributed by atoms with Crippen LogP contribution in [0.25, 0.3) is 0 Å². The number of rotatable bonds is 18. The number of allylic oxidation sites excluding steroid dienone is 4. The fraction of sp³-hybridized carbons (Fsp3) is 0.667. The molecule has 0 spiro atoms. The summed E-state index contributed by atoms with van der Waals surface area (Å²) >= 11 is 0. The molecular formula is C30H55N9O. The van der Waals surface area contributed by atoms with Crippen molar-refractivity contribution in [3.8, 4) is 0 Å². The zero-order valence-electron chi connectivity index (χ0n) is 26.4. The van der Waals surface area contributed by atoms with Crippen molar-refractivity contribution in [2.45, 2.75) is 54.4 Å². The van der Waals surface area contributed by atoms with E-state index in [0.29, 0.717) is 18.9 Å². The lowest BCUT2D eigenvalue weighted by atomic mass is 10.0. The fourth-order valence-corrected chi connectivity index (χ4v) is 3.94. The van der Waals surface area contributed by atoms with Crippen LogP contribution in [0.5, 0.6) is 0 Å². The molecule has 0 radical (unpaired) electrons. The van der Waals surface area contributed by atoms with Crippen LogP contribution in [0.3, 0.4) is 0 Å². The second kappa shape index (κ2) is 21.0. The molecule has 1 heterocycles. The number of hydrogen-bond acceptors (Lipinski definition) is 8. The molecule has 0 unspecified atom stereocenters. The topological polar surface area (TPSA) is 91.2 Å². The molecule has 0 saturated carbocycles. The van der Waals surface area contributed by atoms with E-state index in [0.717, 1.165) is 76.5 Å². The Morgan fingerprint density at radius 1 is 1.02 bits per heavy atom. The summed E-state index contributed by atoms with van der Waals surface area (Å²) in [6, 6.07) is 0. The van der Waals surface area contributed by atoms with Crippen molar-refractivity contribution in [1.29, 1.82) is 0 Å². The van der Waals surface area contributed by atoms with E-state index in [2.05, 4.69) is 85.4 Å². The molecule has 0 aromatic rings. The maximum absolute atomic E-state index is 12.7. The monoisotopic (exact) mass is 557 g/mol. The summed E-state index contributed by atoms with van der Waals surface area (Å²) < 4.78 is 0. The summed E-state index contributed by atoms with van der Waals surface area (Å²) in [5.74, 6) is -0.162. The Labute approximate surface area is 243 Å². The van der Waals surface area contributed by atoms with Gasteiger partial charge in [0.05, 0.1) is 12.4 Å². The van der Waals surface area contributed by atoms with Crippen molar-refractivity contribution < 1.29 is 4.79 Å². The quantitative estimate of drug-likeness (QED) is 0.0672. The molecule has 0 aromatic carbocycles. The first-order valence-corrected chi connectivity index (χ1v) is 14.6. The van der Waals surface area contributed by atoms with Crippen LogP contribution in [-0.2, 0) is 4.79 Å². The van der Waals surface area contributed by atoms with Gasteiger partial charge in [0, 0.05) is 77.7 Å². The molecule has 0 aliphatic carbocycles. The first kappa shape index (κ1) is 35.2. The van der Waals surface area contributed by atoms with Gasteiger partial charge in [-0.3, -0.25) is 19.6 Å². The summed E-state index contributed by atoms with van der Waals surface area (Å²) in [6.07, 6.45) is 11.2. The molecule has 1 rings (SSSR count). The lowest BCUT2D eigenvalue weighted by molar-refractivity contribution is -0.117. The highest BCUT2D eigenvalue weighted by Crippen LogP contribution is 2.09. The van der Waals surface area contributed by atoms with Gasteiger partial charge in [-0.05, 0) is 60.7 Å². The molecule has 1 aliphatic heterocycles. The van der Waals surface area contributed by atoms with Crippen LogP contribution in [0.4, 0.5) is 0 Å². The van der Waals surface area contributed by atoms with Gasteiger partial charge in [0.15, 0.2) is 0 Å². The first-order chi connectivity index (χ1) is 19.2. The van der Waals surface area contributed by atoms with Crippen LogP contribution in [-0.4, -0.2) is 123 Å². The van der Waals surface area contributed by atoms with Gasteiger partial charge in [-0.1, -0.05) is 24.6 Å². The number of carbonyl (C=O) groups excluding carboxylic acids is 1. The predicted molar refractivity (Wildman–Crippen MR) is 171 cm³/mol. The molecule has 0 bridgehead atoms. The summed E-state index contributed by atoms with van der Waals surface area (Å²) in [4.78, 5) is 26.0. The van der Waals surface area contributed by atoms with Gasteiger partial charge in [0.1, 0.15) is 12.0 Å². The maximum atomic E-state index is 12.7. The summed E-state index contributed by atoms with van der Waals surface area (Å²) in [5, 5.41) is 15.2. The minimum atomic E-state index is -0.162. The Balaban J connectivity index is 2.57. The number of likely N-dealkylation sites (N-methyl/N-ethyl adjacent to an activating group) is 2. The van der Waals surface area contributed by atoms with Crippen molar-refractivity contribution in [3.63, 3.8) is 0 Å². The number of piperazine rings is 1. The number of nitrogens with one attached hydrogen (secondary N) is 2. The second-order valence-electron chi connectivity index (χ2n) is 10.4. The molecule has 0 atom stereocenters. The molecule has 10 heteroatoms. The third-order valence-electron chi connectivity index (χ3n) is 6.91. The molecule has 1 saturated heterocycles. The molecule has 226 valence electrons. The van der Waals surface area contributed by atoms with E-state index in [1.165, 1.54) is 5.57 Å². The minimum Gasteiger partial charge on any atom is -0.376 e. The second-order valence-corrected chi connectivity index (χ2v) is 10.4. The van der Waals surface area contributed by atoms with Crippen molar-refractivity contribution in [3.05, 3.63) is 35.2 Å². The van der Waals surface area contributed by atoms with Gasteiger partial charge >= 0.3 is 0 Å². The van der Waals surface area contributed by atoms with Crippen LogP contribution in [0.1, 0.15) is 54.4 Å². The SMILES string of the molecule is C/C=N\C(=C/NCN(C)CCN(/C=N/N=C(C/C(C)=C/C)\C(C)=C\C)CCC)C(=O)NCCN1CCN(C)CC1. The van der Waals surface area contributed by atoms with Crippen LogP contribution in [0, 0.1) is 0 Å². The maximum Gasteiger partial charge on any atom is 0.271 e. The minimum absolute atomic E-state index is 0.162. The molecule has 1 aliphatic rings. The molecule has 2 N–H and O–H groups in total. The number of aliphatic imine (C=N–C) groups is 1. The third-order valence-corrected chi connectivity index (χ3v) is 6.91. The van der Waals surface area contributed by atoms with E-state index in [4.69, 9.17) is 0 Å². The van der Waals surface area contributed by atoms with Gasteiger partial charge in [0.25, 0.3) is 5.91 Å². The first-order valence-electron chi connectivity index (χ1n) is 14.6. The molecule has 10 nitrogen and oxygen atoms in total. The Kier molecular flexibility index (Phi) is 18.5. The van der Waals surface area contributed by atoms with Crippen LogP contribution < -0.4 is 10.6 Å². The summed E-state index contributed by atoms with van der Waals surface area (Å²) in [7, 11) is 4.19. The molecule has 40 heavy (non-hydrogen) atoms. The molecule has 0 aromatic heterocycles. The van der Waals surface area contributed by atoms with Gasteiger partial charge in [0.2, 0.25) is 0 Å². The Morgan fingerprint density at radius 3 is 2.38 bits per heavy atom. The standard InChI is InChI=1S/C30H55N9O/c1-9-14-39(25-34-35-28(27(6)11-3)22-26(5)10-2)21-18-37(8)24-31-23-29(32-12-4)30(40)33-13-15-38-19-16-36(7)17-20-38/h10-12,23,25,31H,9,13-22,24H2,1-8H3,(H,33,40)/b26-10+,27-11+,29-23-,32-12-,34-25+,35-28-. The third kappa shape index (κ3) is 15.1. The van der Waals surface area contributed by atoms with E-state index in [1.807, 2.05) is 34.2 Å². The van der Waals surface area contributed by atoms with Gasteiger partial charge in [-0.25, -0.2) is 0 Å². The molecule has 1 amide bonds. The van der Waals surface area contributed by atoms with Crippen molar-refractivity contribution in [2.24, 2.45) is 15.2 Å². The zero-order valence-corrected chi connectivity index (χ0v) is 26.4. The van der Waals surface area contributed by atoms with Gasteiger partial charge in [-0.2, -0.15) is 5.10 Å². The van der Waals surface area contributed by atoms with E-state index in [1.54, 1.807) is 12.4 Å². The number of nitrogens with zero attached hydrogens (tertiary/aromatic N) is 7. The summed E-state index contributed by atoms with van der Waals surface area (Å²) in [5.41, 5.74) is 3.80. The Hall–Kier alpha value is -2.82. The largest absolute Gasteiger partial charge is 0.376 e. The van der Waals surface area contributed by atoms with Crippen molar-refractivity contribution >= 4 is 24.2 Å². The van der Waals surface area contributed by atoms with Crippen LogP contribution in [0.2, 0.25) is 0 Å². The van der Waals surface area contributed by atoms with E-state index in [9.17, 15) is 4.79 Å². The Bertz CT molecular complexity index is 912. The van der Waals surface area contributed by atoms with Crippen LogP contribution >= 0.6 is 0 Å². The lowest BCUT2D eigenvalue weighted by Gasteiger charge is -2.32. The number of carbonyl (C=O) groups is 1. The Morgan fingerprint density at radius 2 is 1.75 bits per heavy atom. The molecule has 1 fully saturated rings. The lowest BCUT2D eigenvalue weighted by Crippen LogP contribution is -2.47. The highest BCUT2D eigenvalue weighted by atomic mass is 16.2. The zero-order chi connectivity index (χ0) is 29.8. The van der Waals surface area contributed by atoms with E-state index < -0.39 is 0 Å². The van der Waals surface area contributed by atoms with Gasteiger partial charge in [-0.15, -0.1) is 5.10 Å². The van der Waals surface area contributed by atoms with Gasteiger partial charge < -0.3 is 20.4 Å². The van der Waals surface area contributed by atoms with E-state index >= 15 is 0 Å². The van der Waals surface area contributed by atoms with Crippen molar-refractivity contribution in [2.75, 3.05) is 79.7 Å². The smallest absolute Gasteiger partial charge is 0.271 e. The normalized spacial score (nSPS) is 16.9. The average Bonchev–Trinajstić information content (AvgIpc) is 2.95. The molecular weight excluding hydrogens is 502 g/mol. The van der Waals surface area contributed by atoms with E-state index in [-0.39, 0.29) is 5.91 Å². The average molecular weight is 558 g/mol. The van der Waals surface area contributed by atoms with Crippen molar-refractivity contribution in [1.82, 2.24) is 30.2 Å². The summed E-state index contributed by atoms with van der Waals surface area (Å²) in [6.45, 7) is 21.1. The number of amides is 1.